The topological polar surface area (TPSA) is 46.9 Å². The van der Waals surface area contributed by atoms with E-state index in [1.165, 1.54) is 12.1 Å². The van der Waals surface area contributed by atoms with Crippen molar-refractivity contribution in [2.24, 2.45) is 0 Å². The summed E-state index contributed by atoms with van der Waals surface area (Å²) in [6.07, 6.45) is 0.411. The number of nitrogens with zero attached hydrogens (tertiary/aromatic N) is 2. The van der Waals surface area contributed by atoms with Crippen LogP contribution in [0.5, 0.6) is 0 Å². The lowest BCUT2D eigenvalue weighted by molar-refractivity contribution is -0.115. The molecule has 2 rings (SSSR count). The van der Waals surface area contributed by atoms with Gasteiger partial charge in [-0.05, 0) is 31.5 Å². The predicted molar refractivity (Wildman–Crippen MR) is 81.1 cm³/mol. The molecular weight excluding hydrogens is 293 g/mol. The van der Waals surface area contributed by atoms with Gasteiger partial charge in [-0.25, -0.2) is 4.39 Å². The number of benzene rings is 1. The number of hydrogen-bond acceptors (Lipinski definition) is 2. The minimum absolute atomic E-state index is 0.0550. The molecule has 0 aliphatic rings. The molecule has 0 aliphatic carbocycles. The fourth-order valence-electron chi connectivity index (χ4n) is 2.07. The van der Waals surface area contributed by atoms with E-state index in [0.717, 1.165) is 22.6 Å². The van der Waals surface area contributed by atoms with Crippen LogP contribution in [0.1, 0.15) is 30.3 Å². The van der Waals surface area contributed by atoms with Gasteiger partial charge in [-0.3, -0.25) is 9.48 Å². The highest BCUT2D eigenvalue weighted by Crippen LogP contribution is 2.23. The normalized spacial score (nSPS) is 10.7. The summed E-state index contributed by atoms with van der Waals surface area (Å²) in [6, 6.07) is 4.29. The van der Waals surface area contributed by atoms with Crippen molar-refractivity contribution in [3.05, 3.63) is 46.0 Å². The summed E-state index contributed by atoms with van der Waals surface area (Å²) in [5.74, 6) is -0.423. The van der Waals surface area contributed by atoms with E-state index in [1.807, 2.05) is 13.8 Å². The molecule has 6 heteroatoms. The molecule has 0 aliphatic heterocycles. The Kier molecular flexibility index (Phi) is 4.63. The fraction of sp³-hybridized carbons (Fsp3) is 0.333. The van der Waals surface area contributed by atoms with E-state index in [0.29, 0.717) is 18.0 Å². The number of carbonyl (C=O) groups excluding carboxylic acids is 1. The van der Waals surface area contributed by atoms with Crippen LogP contribution in [-0.2, 0) is 11.3 Å². The van der Waals surface area contributed by atoms with Gasteiger partial charge in [-0.2, -0.15) is 5.10 Å². The standard InChI is InChI=1S/C15H17ClFN3O/c1-4-14(21)18-15-9(2)19-20(10(15)3)8-11-5-6-12(17)7-13(11)16/h5-7H,4,8H2,1-3H3,(H,18,21). The number of aryl methyl sites for hydroxylation is 1. The van der Waals surface area contributed by atoms with Crippen LogP contribution in [0.2, 0.25) is 5.02 Å². The first-order valence-electron chi connectivity index (χ1n) is 6.70. The fourth-order valence-corrected chi connectivity index (χ4v) is 2.30. The number of anilines is 1. The van der Waals surface area contributed by atoms with Gasteiger partial charge < -0.3 is 5.32 Å². The Morgan fingerprint density at radius 1 is 1.43 bits per heavy atom. The van der Waals surface area contributed by atoms with Gasteiger partial charge in [-0.1, -0.05) is 24.6 Å². The van der Waals surface area contributed by atoms with E-state index in [1.54, 1.807) is 17.7 Å². The zero-order valence-electron chi connectivity index (χ0n) is 12.2. The number of hydrogen-bond donors (Lipinski definition) is 1. The molecule has 1 aromatic heterocycles. The number of halogens is 2. The van der Waals surface area contributed by atoms with Crippen molar-refractivity contribution in [3.63, 3.8) is 0 Å². The average Bonchev–Trinajstić information content (AvgIpc) is 2.69. The molecule has 0 atom stereocenters. The molecular formula is C15H17ClFN3O. The number of rotatable bonds is 4. The lowest BCUT2D eigenvalue weighted by Crippen LogP contribution is -2.11. The van der Waals surface area contributed by atoms with Gasteiger partial charge in [0.25, 0.3) is 0 Å². The van der Waals surface area contributed by atoms with Gasteiger partial charge in [0.15, 0.2) is 0 Å². The van der Waals surface area contributed by atoms with E-state index in [-0.39, 0.29) is 11.7 Å². The third kappa shape index (κ3) is 3.42. The van der Waals surface area contributed by atoms with E-state index >= 15 is 0 Å². The summed E-state index contributed by atoms with van der Waals surface area (Å²) < 4.78 is 14.8. The van der Waals surface area contributed by atoms with Gasteiger partial charge in [0.2, 0.25) is 5.91 Å². The van der Waals surface area contributed by atoms with Gasteiger partial charge in [0.1, 0.15) is 5.82 Å². The molecule has 1 aromatic carbocycles. The molecule has 1 N–H and O–H groups in total. The van der Waals surface area contributed by atoms with Crippen molar-refractivity contribution in [3.8, 4) is 0 Å². The summed E-state index contributed by atoms with van der Waals surface area (Å²) in [4.78, 5) is 11.5. The van der Waals surface area contributed by atoms with Crippen LogP contribution in [0.25, 0.3) is 0 Å². The second kappa shape index (κ2) is 6.26. The summed E-state index contributed by atoms with van der Waals surface area (Å²) >= 11 is 6.03. The number of aromatic nitrogens is 2. The van der Waals surface area contributed by atoms with Crippen molar-refractivity contribution in [1.82, 2.24) is 9.78 Å². The predicted octanol–water partition coefficient (Wildman–Crippen LogP) is 3.69. The third-order valence-corrected chi connectivity index (χ3v) is 3.65. The smallest absolute Gasteiger partial charge is 0.224 e. The first-order valence-corrected chi connectivity index (χ1v) is 7.08. The highest BCUT2D eigenvalue weighted by Gasteiger charge is 2.14. The Labute approximate surface area is 127 Å². The quantitative estimate of drug-likeness (QED) is 0.936. The molecule has 112 valence electrons. The molecule has 2 aromatic rings. The monoisotopic (exact) mass is 309 g/mol. The van der Waals surface area contributed by atoms with Crippen LogP contribution in [-0.4, -0.2) is 15.7 Å². The maximum absolute atomic E-state index is 13.1. The Morgan fingerprint density at radius 3 is 2.76 bits per heavy atom. The number of nitrogens with one attached hydrogen (secondary N) is 1. The first kappa shape index (κ1) is 15.5. The van der Waals surface area contributed by atoms with E-state index in [9.17, 15) is 9.18 Å². The Bertz CT molecular complexity index is 682. The van der Waals surface area contributed by atoms with Crippen molar-refractivity contribution in [2.45, 2.75) is 33.7 Å². The summed E-state index contributed by atoms with van der Waals surface area (Å²) in [6.45, 7) is 5.93. The molecule has 1 amide bonds. The van der Waals surface area contributed by atoms with Gasteiger partial charge in [-0.15, -0.1) is 0 Å². The van der Waals surface area contributed by atoms with Crippen molar-refractivity contribution < 1.29 is 9.18 Å². The molecule has 0 saturated carbocycles. The van der Waals surface area contributed by atoms with E-state index in [4.69, 9.17) is 11.6 Å². The minimum atomic E-state index is -0.368. The maximum atomic E-state index is 13.1. The van der Waals surface area contributed by atoms with Crippen molar-refractivity contribution in [2.75, 3.05) is 5.32 Å². The number of carbonyl (C=O) groups is 1. The molecule has 0 saturated heterocycles. The van der Waals surface area contributed by atoms with E-state index < -0.39 is 0 Å². The van der Waals surface area contributed by atoms with Crippen LogP contribution < -0.4 is 5.32 Å². The van der Waals surface area contributed by atoms with Crippen LogP contribution in [0.4, 0.5) is 10.1 Å². The largest absolute Gasteiger partial charge is 0.323 e. The average molecular weight is 310 g/mol. The van der Waals surface area contributed by atoms with E-state index in [2.05, 4.69) is 10.4 Å². The van der Waals surface area contributed by atoms with Crippen LogP contribution >= 0.6 is 11.6 Å². The summed E-state index contributed by atoms with van der Waals surface area (Å²) in [5.41, 5.74) is 3.08. The van der Waals surface area contributed by atoms with Crippen molar-refractivity contribution >= 4 is 23.2 Å². The molecule has 4 nitrogen and oxygen atoms in total. The van der Waals surface area contributed by atoms with Crippen LogP contribution in [0, 0.1) is 19.7 Å². The molecule has 1 heterocycles. The molecule has 0 bridgehead atoms. The molecule has 21 heavy (non-hydrogen) atoms. The highest BCUT2D eigenvalue weighted by molar-refractivity contribution is 6.31. The lowest BCUT2D eigenvalue weighted by Gasteiger charge is -2.08. The van der Waals surface area contributed by atoms with Crippen LogP contribution in [0.15, 0.2) is 18.2 Å². The maximum Gasteiger partial charge on any atom is 0.224 e. The zero-order valence-corrected chi connectivity index (χ0v) is 13.0. The highest BCUT2D eigenvalue weighted by atomic mass is 35.5. The zero-order chi connectivity index (χ0) is 15.6. The molecule has 0 unspecified atom stereocenters. The molecule has 0 radical (unpaired) electrons. The Hall–Kier alpha value is -1.88. The van der Waals surface area contributed by atoms with Gasteiger partial charge >= 0.3 is 0 Å². The molecule has 0 spiro atoms. The van der Waals surface area contributed by atoms with Crippen molar-refractivity contribution in [1.29, 1.82) is 0 Å². The third-order valence-electron chi connectivity index (χ3n) is 3.30. The number of amides is 1. The molecule has 0 fully saturated rings. The van der Waals surface area contributed by atoms with Crippen LogP contribution in [0.3, 0.4) is 0 Å². The van der Waals surface area contributed by atoms with Gasteiger partial charge in [0, 0.05) is 11.4 Å². The Balaban J connectivity index is 2.29. The SMILES string of the molecule is CCC(=O)Nc1c(C)nn(Cc2ccc(F)cc2Cl)c1C. The lowest BCUT2D eigenvalue weighted by atomic mass is 10.2. The second-order valence-electron chi connectivity index (χ2n) is 4.84. The summed E-state index contributed by atoms with van der Waals surface area (Å²) in [7, 11) is 0. The second-order valence-corrected chi connectivity index (χ2v) is 5.25. The first-order chi connectivity index (χ1) is 9.92. The minimum Gasteiger partial charge on any atom is -0.323 e. The summed E-state index contributed by atoms with van der Waals surface area (Å²) in [5, 5.41) is 7.61. The van der Waals surface area contributed by atoms with Gasteiger partial charge in [0.05, 0.1) is 23.6 Å². The Morgan fingerprint density at radius 2 is 2.14 bits per heavy atom.